The molecule has 150 valence electrons. The third-order valence-corrected chi connectivity index (χ3v) is 4.81. The molecule has 0 radical (unpaired) electrons. The number of likely N-dealkylation sites (N-methyl/N-ethyl adjacent to an activating group) is 1. The van der Waals surface area contributed by atoms with Crippen LogP contribution in [-0.4, -0.2) is 44.3 Å². The maximum Gasteiger partial charge on any atom is 0.321 e. The standard InChI is InChI=1S/C22H28N2O4/c1-24(15-16-27-19-13-11-18(26-2)12-14-19)22(25)23-17-7-9-21(10-8-17)28-20-5-3-4-6-20/h7-14,20H,3-6,15-16H2,1-2H3,(H,23,25). The smallest absolute Gasteiger partial charge is 0.321 e. The number of ether oxygens (including phenoxy) is 3. The van der Waals surface area contributed by atoms with Crippen molar-refractivity contribution in [1.82, 2.24) is 4.90 Å². The second-order valence-corrected chi connectivity index (χ2v) is 6.92. The molecule has 2 aromatic rings. The number of carbonyl (C=O) groups excluding carboxylic acids is 1. The van der Waals surface area contributed by atoms with Crippen molar-refractivity contribution in [2.24, 2.45) is 0 Å². The largest absolute Gasteiger partial charge is 0.497 e. The number of nitrogens with one attached hydrogen (secondary N) is 1. The molecular weight excluding hydrogens is 356 g/mol. The van der Waals surface area contributed by atoms with Crippen molar-refractivity contribution in [3.8, 4) is 17.2 Å². The van der Waals surface area contributed by atoms with Gasteiger partial charge in [-0.2, -0.15) is 0 Å². The topological polar surface area (TPSA) is 60.0 Å². The molecule has 0 unspecified atom stereocenters. The Bertz CT molecular complexity index is 740. The maximum absolute atomic E-state index is 12.3. The van der Waals surface area contributed by atoms with E-state index in [4.69, 9.17) is 14.2 Å². The molecule has 0 spiro atoms. The quantitative estimate of drug-likeness (QED) is 0.725. The minimum absolute atomic E-state index is 0.178. The molecule has 0 aromatic heterocycles. The summed E-state index contributed by atoms with van der Waals surface area (Å²) in [7, 11) is 3.37. The van der Waals surface area contributed by atoms with Gasteiger partial charge in [-0.1, -0.05) is 0 Å². The van der Waals surface area contributed by atoms with E-state index >= 15 is 0 Å². The maximum atomic E-state index is 12.3. The highest BCUT2D eigenvalue weighted by Gasteiger charge is 2.16. The Morgan fingerprint density at radius 2 is 1.61 bits per heavy atom. The molecule has 6 heteroatoms. The van der Waals surface area contributed by atoms with Gasteiger partial charge in [0.25, 0.3) is 0 Å². The van der Waals surface area contributed by atoms with Gasteiger partial charge in [-0.25, -0.2) is 4.79 Å². The molecule has 1 aliphatic rings. The third kappa shape index (κ3) is 5.81. The number of amides is 2. The van der Waals surface area contributed by atoms with Crippen LogP contribution in [0.4, 0.5) is 10.5 Å². The Balaban J connectivity index is 1.40. The first-order chi connectivity index (χ1) is 13.6. The third-order valence-electron chi connectivity index (χ3n) is 4.81. The van der Waals surface area contributed by atoms with Crippen LogP contribution in [0.5, 0.6) is 17.2 Å². The molecule has 0 atom stereocenters. The first-order valence-electron chi connectivity index (χ1n) is 9.70. The summed E-state index contributed by atoms with van der Waals surface area (Å²) in [5, 5.41) is 2.89. The van der Waals surface area contributed by atoms with Crippen molar-refractivity contribution in [2.45, 2.75) is 31.8 Å². The zero-order chi connectivity index (χ0) is 19.8. The van der Waals surface area contributed by atoms with Crippen molar-refractivity contribution in [3.05, 3.63) is 48.5 Å². The van der Waals surface area contributed by atoms with Crippen LogP contribution in [0.3, 0.4) is 0 Å². The minimum Gasteiger partial charge on any atom is -0.497 e. The lowest BCUT2D eigenvalue weighted by atomic mass is 10.3. The van der Waals surface area contributed by atoms with E-state index in [2.05, 4.69) is 5.32 Å². The number of rotatable bonds is 8. The van der Waals surface area contributed by atoms with Crippen molar-refractivity contribution in [1.29, 1.82) is 0 Å². The van der Waals surface area contributed by atoms with Crippen LogP contribution >= 0.6 is 0 Å². The van der Waals surface area contributed by atoms with Gasteiger partial charge in [-0.3, -0.25) is 0 Å². The summed E-state index contributed by atoms with van der Waals surface area (Å²) in [6.45, 7) is 0.880. The molecule has 0 saturated heterocycles. The van der Waals surface area contributed by atoms with Crippen LogP contribution in [0, 0.1) is 0 Å². The van der Waals surface area contributed by atoms with Gasteiger partial charge in [0.2, 0.25) is 0 Å². The summed E-state index contributed by atoms with van der Waals surface area (Å²) < 4.78 is 16.7. The predicted molar refractivity (Wildman–Crippen MR) is 109 cm³/mol. The molecule has 6 nitrogen and oxygen atoms in total. The lowest BCUT2D eigenvalue weighted by Crippen LogP contribution is -2.34. The summed E-state index contributed by atoms with van der Waals surface area (Å²) in [6.07, 6.45) is 5.07. The van der Waals surface area contributed by atoms with Gasteiger partial charge in [0.1, 0.15) is 23.9 Å². The monoisotopic (exact) mass is 384 g/mol. The Hall–Kier alpha value is -2.89. The molecule has 1 fully saturated rings. The number of urea groups is 1. The van der Waals surface area contributed by atoms with Crippen LogP contribution < -0.4 is 19.5 Å². The van der Waals surface area contributed by atoms with E-state index in [1.807, 2.05) is 48.5 Å². The summed E-state index contributed by atoms with van der Waals surface area (Å²) in [4.78, 5) is 13.9. The summed E-state index contributed by atoms with van der Waals surface area (Å²) in [6, 6.07) is 14.7. The molecular formula is C22H28N2O4. The number of hydrogen-bond donors (Lipinski definition) is 1. The fourth-order valence-corrected chi connectivity index (χ4v) is 3.11. The Morgan fingerprint density at radius 3 is 2.25 bits per heavy atom. The summed E-state index contributed by atoms with van der Waals surface area (Å²) in [5.74, 6) is 2.38. The second-order valence-electron chi connectivity index (χ2n) is 6.92. The summed E-state index contributed by atoms with van der Waals surface area (Å²) >= 11 is 0. The zero-order valence-corrected chi connectivity index (χ0v) is 16.5. The number of anilines is 1. The molecule has 1 aliphatic carbocycles. The van der Waals surface area contributed by atoms with Crippen LogP contribution in [0.2, 0.25) is 0 Å². The number of benzene rings is 2. The Morgan fingerprint density at radius 1 is 1.00 bits per heavy atom. The second kappa shape index (κ2) is 9.88. The average Bonchev–Trinajstić information content (AvgIpc) is 3.23. The number of methoxy groups -OCH3 is 1. The van der Waals surface area contributed by atoms with E-state index in [1.165, 1.54) is 12.8 Å². The van der Waals surface area contributed by atoms with Gasteiger partial charge in [0, 0.05) is 12.7 Å². The van der Waals surface area contributed by atoms with Crippen LogP contribution in [-0.2, 0) is 0 Å². The lowest BCUT2D eigenvalue weighted by molar-refractivity contribution is 0.207. The van der Waals surface area contributed by atoms with Gasteiger partial charge in [0.15, 0.2) is 0 Å². The van der Waals surface area contributed by atoms with E-state index in [0.29, 0.717) is 19.3 Å². The SMILES string of the molecule is COc1ccc(OCCN(C)C(=O)Nc2ccc(OC3CCCC3)cc2)cc1. The molecule has 0 bridgehead atoms. The first kappa shape index (κ1) is 19.9. The summed E-state index contributed by atoms with van der Waals surface area (Å²) in [5.41, 5.74) is 0.742. The molecule has 28 heavy (non-hydrogen) atoms. The predicted octanol–water partition coefficient (Wildman–Crippen LogP) is 4.56. The van der Waals surface area contributed by atoms with E-state index < -0.39 is 0 Å². The highest BCUT2D eigenvalue weighted by atomic mass is 16.5. The van der Waals surface area contributed by atoms with E-state index in [0.717, 1.165) is 35.8 Å². The van der Waals surface area contributed by atoms with Crippen molar-refractivity contribution in [3.63, 3.8) is 0 Å². The van der Waals surface area contributed by atoms with E-state index in [-0.39, 0.29) is 6.03 Å². The molecule has 1 saturated carbocycles. The van der Waals surface area contributed by atoms with E-state index in [1.54, 1.807) is 19.1 Å². The van der Waals surface area contributed by atoms with Gasteiger partial charge in [-0.05, 0) is 74.2 Å². The van der Waals surface area contributed by atoms with Gasteiger partial charge < -0.3 is 24.4 Å². The highest BCUT2D eigenvalue weighted by molar-refractivity contribution is 5.89. The van der Waals surface area contributed by atoms with Crippen LogP contribution in [0.1, 0.15) is 25.7 Å². The molecule has 2 aromatic carbocycles. The first-order valence-corrected chi connectivity index (χ1v) is 9.70. The number of nitrogens with zero attached hydrogens (tertiary/aromatic N) is 1. The van der Waals surface area contributed by atoms with Gasteiger partial charge in [-0.15, -0.1) is 0 Å². The Kier molecular flexibility index (Phi) is 7.00. The molecule has 2 amide bonds. The lowest BCUT2D eigenvalue weighted by Gasteiger charge is -2.19. The van der Waals surface area contributed by atoms with Crippen LogP contribution in [0.25, 0.3) is 0 Å². The van der Waals surface area contributed by atoms with E-state index in [9.17, 15) is 4.79 Å². The van der Waals surface area contributed by atoms with Gasteiger partial charge in [0.05, 0.1) is 19.8 Å². The minimum atomic E-state index is -0.178. The fraction of sp³-hybridized carbons (Fsp3) is 0.409. The van der Waals surface area contributed by atoms with Crippen molar-refractivity contribution < 1.29 is 19.0 Å². The van der Waals surface area contributed by atoms with Crippen molar-refractivity contribution >= 4 is 11.7 Å². The number of hydrogen-bond acceptors (Lipinski definition) is 4. The average molecular weight is 384 g/mol. The molecule has 1 N–H and O–H groups in total. The van der Waals surface area contributed by atoms with Crippen LogP contribution in [0.15, 0.2) is 48.5 Å². The fourth-order valence-electron chi connectivity index (χ4n) is 3.11. The zero-order valence-electron chi connectivity index (χ0n) is 16.5. The Labute approximate surface area is 166 Å². The number of carbonyl (C=O) groups is 1. The molecule has 0 heterocycles. The van der Waals surface area contributed by atoms with Crippen molar-refractivity contribution in [2.75, 3.05) is 32.6 Å². The molecule has 3 rings (SSSR count). The molecule has 0 aliphatic heterocycles. The van der Waals surface area contributed by atoms with Gasteiger partial charge >= 0.3 is 6.03 Å². The normalized spacial score (nSPS) is 13.8. The highest BCUT2D eigenvalue weighted by Crippen LogP contribution is 2.25.